The number of hydrogen-bond donors (Lipinski definition) is 2. The van der Waals surface area contributed by atoms with Crippen LogP contribution in [-0.4, -0.2) is 24.7 Å². The standard InChI is InChI=1S/C22H24FN3O2/c1-24-20-15-17(7-8-19(20)23)9-10-22(11-13-25-14-12-22)26-21(27)28-16-18-5-3-2-4-6-18/h2-8,15,25H,9-14,16H2,(H,26,27)/p+1. The Morgan fingerprint density at radius 2 is 1.93 bits per heavy atom. The van der Waals surface area contributed by atoms with Crippen molar-refractivity contribution in [2.24, 2.45) is 0 Å². The van der Waals surface area contributed by atoms with Crippen molar-refractivity contribution in [1.82, 2.24) is 5.32 Å². The highest BCUT2D eigenvalue weighted by Gasteiger charge is 2.35. The average molecular weight is 382 g/mol. The van der Waals surface area contributed by atoms with Gasteiger partial charge in [0.25, 0.3) is 0 Å². The van der Waals surface area contributed by atoms with Gasteiger partial charge in [-0.05, 0) is 24.5 Å². The Kier molecular flexibility index (Phi) is 6.62. The topological polar surface area (TPSA) is 59.3 Å². The van der Waals surface area contributed by atoms with E-state index in [-0.39, 0.29) is 17.8 Å². The molecule has 1 aliphatic rings. The van der Waals surface area contributed by atoms with E-state index in [4.69, 9.17) is 11.3 Å². The van der Waals surface area contributed by atoms with Crippen LogP contribution in [0.3, 0.4) is 0 Å². The van der Waals surface area contributed by atoms with E-state index < -0.39 is 11.9 Å². The summed E-state index contributed by atoms with van der Waals surface area (Å²) in [6.45, 7) is 9.18. The molecule has 0 spiro atoms. The number of amides is 1. The molecule has 1 amide bonds. The number of piperidine rings is 1. The lowest BCUT2D eigenvalue weighted by Gasteiger charge is -2.36. The van der Waals surface area contributed by atoms with Crippen molar-refractivity contribution in [2.75, 3.05) is 13.1 Å². The van der Waals surface area contributed by atoms with Crippen molar-refractivity contribution in [1.29, 1.82) is 0 Å². The van der Waals surface area contributed by atoms with E-state index in [1.54, 1.807) is 12.1 Å². The lowest BCUT2D eigenvalue weighted by Crippen LogP contribution is -2.88. The first-order valence-corrected chi connectivity index (χ1v) is 9.57. The van der Waals surface area contributed by atoms with Crippen molar-refractivity contribution in [3.8, 4) is 0 Å². The molecule has 146 valence electrons. The molecule has 2 aromatic carbocycles. The summed E-state index contributed by atoms with van der Waals surface area (Å²) in [5, 5.41) is 5.34. The number of carbonyl (C=O) groups excluding carboxylic acids is 1. The summed E-state index contributed by atoms with van der Waals surface area (Å²) < 4.78 is 19.0. The number of aryl methyl sites for hydroxylation is 1. The summed E-state index contributed by atoms with van der Waals surface area (Å²) in [4.78, 5) is 15.6. The Morgan fingerprint density at radius 3 is 2.64 bits per heavy atom. The zero-order valence-corrected chi connectivity index (χ0v) is 15.8. The molecule has 0 aromatic heterocycles. The Balaban J connectivity index is 1.61. The predicted octanol–water partition coefficient (Wildman–Crippen LogP) is 3.33. The molecule has 28 heavy (non-hydrogen) atoms. The molecule has 6 heteroatoms. The van der Waals surface area contributed by atoms with Gasteiger partial charge in [-0.15, -0.1) is 0 Å². The fourth-order valence-electron chi connectivity index (χ4n) is 3.62. The molecule has 0 bridgehead atoms. The van der Waals surface area contributed by atoms with Gasteiger partial charge in [0.2, 0.25) is 5.69 Å². The van der Waals surface area contributed by atoms with Crippen LogP contribution in [0.1, 0.15) is 30.4 Å². The van der Waals surface area contributed by atoms with Gasteiger partial charge in [0.15, 0.2) is 0 Å². The Bertz CT molecular complexity index is 843. The number of ether oxygens (including phenoxy) is 1. The lowest BCUT2D eigenvalue weighted by atomic mass is 9.83. The van der Waals surface area contributed by atoms with E-state index in [0.29, 0.717) is 6.42 Å². The zero-order chi connectivity index (χ0) is 19.8. The Hall–Kier alpha value is -2.91. The maximum atomic E-state index is 13.5. The van der Waals surface area contributed by atoms with Crippen molar-refractivity contribution in [3.63, 3.8) is 0 Å². The predicted molar refractivity (Wildman–Crippen MR) is 104 cm³/mol. The maximum absolute atomic E-state index is 13.5. The van der Waals surface area contributed by atoms with Gasteiger partial charge in [-0.3, -0.25) is 0 Å². The molecule has 5 nitrogen and oxygen atoms in total. The van der Waals surface area contributed by atoms with E-state index in [9.17, 15) is 9.18 Å². The van der Waals surface area contributed by atoms with Gasteiger partial charge in [-0.2, -0.15) is 0 Å². The van der Waals surface area contributed by atoms with Gasteiger partial charge in [-0.1, -0.05) is 48.0 Å². The number of nitrogens with one attached hydrogen (secondary N) is 1. The van der Waals surface area contributed by atoms with Crippen LogP contribution in [0.4, 0.5) is 14.9 Å². The first-order chi connectivity index (χ1) is 13.6. The Labute approximate surface area is 164 Å². The third-order valence-electron chi connectivity index (χ3n) is 5.26. The van der Waals surface area contributed by atoms with Crippen LogP contribution in [0.5, 0.6) is 0 Å². The molecule has 3 N–H and O–H groups in total. The minimum Gasteiger partial charge on any atom is -0.445 e. The molecule has 2 aromatic rings. The number of nitrogens with zero attached hydrogens (tertiary/aromatic N) is 1. The number of hydrogen-bond acceptors (Lipinski definition) is 2. The van der Waals surface area contributed by atoms with Crippen molar-refractivity contribution in [2.45, 2.75) is 37.8 Å². The lowest BCUT2D eigenvalue weighted by molar-refractivity contribution is -0.665. The van der Waals surface area contributed by atoms with Crippen molar-refractivity contribution >= 4 is 11.8 Å². The Morgan fingerprint density at radius 1 is 1.18 bits per heavy atom. The zero-order valence-electron chi connectivity index (χ0n) is 15.8. The number of benzene rings is 2. The van der Waals surface area contributed by atoms with Gasteiger partial charge in [0, 0.05) is 12.8 Å². The molecule has 0 atom stereocenters. The monoisotopic (exact) mass is 382 g/mol. The fourth-order valence-corrected chi connectivity index (χ4v) is 3.62. The van der Waals surface area contributed by atoms with Crippen LogP contribution in [0, 0.1) is 12.4 Å². The molecule has 0 unspecified atom stereocenters. The smallest absolute Gasteiger partial charge is 0.407 e. The van der Waals surface area contributed by atoms with Crippen LogP contribution in [-0.2, 0) is 17.8 Å². The van der Waals surface area contributed by atoms with Gasteiger partial charge >= 0.3 is 6.09 Å². The summed E-state index contributed by atoms with van der Waals surface area (Å²) in [5.41, 5.74) is 1.55. The van der Waals surface area contributed by atoms with Gasteiger partial charge in [0.1, 0.15) is 12.4 Å². The number of nitrogens with two attached hydrogens (primary N) is 1. The minimum atomic E-state index is -0.497. The number of quaternary nitrogens is 1. The van der Waals surface area contributed by atoms with Crippen LogP contribution >= 0.6 is 0 Å². The van der Waals surface area contributed by atoms with Crippen LogP contribution in [0.15, 0.2) is 48.5 Å². The van der Waals surface area contributed by atoms with E-state index >= 15 is 0 Å². The summed E-state index contributed by atoms with van der Waals surface area (Å²) in [6.07, 6.45) is 2.69. The number of alkyl carbamates (subject to hydrolysis) is 1. The van der Waals surface area contributed by atoms with Gasteiger partial charge in [-0.25, -0.2) is 14.0 Å². The highest BCUT2D eigenvalue weighted by molar-refractivity contribution is 5.68. The molecule has 0 radical (unpaired) electrons. The molecule has 1 saturated heterocycles. The SMILES string of the molecule is [C-]#[N+]c1cc(CCC2(NC(=O)OCc3ccccc3)CC[NH2+]CC2)ccc1F. The second-order valence-corrected chi connectivity index (χ2v) is 7.23. The minimum absolute atomic E-state index is 0.0405. The van der Waals surface area contributed by atoms with Crippen LogP contribution in [0.25, 0.3) is 4.85 Å². The van der Waals surface area contributed by atoms with E-state index in [2.05, 4.69) is 15.5 Å². The molecule has 0 saturated carbocycles. The summed E-state index contributed by atoms with van der Waals surface area (Å²) >= 11 is 0. The largest absolute Gasteiger partial charge is 0.445 e. The highest BCUT2D eigenvalue weighted by atomic mass is 19.1. The highest BCUT2D eigenvalue weighted by Crippen LogP contribution is 2.26. The number of halogens is 1. The molecular weight excluding hydrogens is 357 g/mol. The van der Waals surface area contributed by atoms with Crippen LogP contribution in [0.2, 0.25) is 0 Å². The molecule has 1 aliphatic heterocycles. The first-order valence-electron chi connectivity index (χ1n) is 9.57. The number of rotatable bonds is 6. The fraction of sp³-hybridized carbons (Fsp3) is 0.364. The molecule has 1 fully saturated rings. The van der Waals surface area contributed by atoms with E-state index in [0.717, 1.165) is 43.5 Å². The third-order valence-corrected chi connectivity index (χ3v) is 5.26. The maximum Gasteiger partial charge on any atom is 0.407 e. The van der Waals surface area contributed by atoms with E-state index in [1.165, 1.54) is 6.07 Å². The molecule has 1 heterocycles. The van der Waals surface area contributed by atoms with Crippen LogP contribution < -0.4 is 10.6 Å². The number of carbonyl (C=O) groups is 1. The van der Waals surface area contributed by atoms with Gasteiger partial charge < -0.3 is 15.4 Å². The summed E-state index contributed by atoms with van der Waals surface area (Å²) in [5.74, 6) is -0.497. The quantitative estimate of drug-likeness (QED) is 0.753. The van der Waals surface area contributed by atoms with Crippen molar-refractivity contribution in [3.05, 3.63) is 76.9 Å². The molecule has 0 aliphatic carbocycles. The first kappa shape index (κ1) is 19.8. The molecule has 3 rings (SSSR count). The summed E-state index contributed by atoms with van der Waals surface area (Å²) in [6, 6.07) is 14.2. The van der Waals surface area contributed by atoms with Gasteiger partial charge in [0.05, 0.1) is 25.2 Å². The summed E-state index contributed by atoms with van der Waals surface area (Å²) in [7, 11) is 0. The normalized spacial score (nSPS) is 15.4. The second kappa shape index (κ2) is 9.34. The van der Waals surface area contributed by atoms with Crippen molar-refractivity contribution < 1.29 is 19.2 Å². The second-order valence-electron chi connectivity index (χ2n) is 7.23. The molecular formula is C22H25FN3O2+. The van der Waals surface area contributed by atoms with E-state index in [1.807, 2.05) is 30.3 Å². The average Bonchev–Trinajstić information content (AvgIpc) is 2.73. The third kappa shape index (κ3) is 5.30.